The van der Waals surface area contributed by atoms with Crippen LogP contribution in [0.5, 0.6) is 0 Å². The van der Waals surface area contributed by atoms with Gasteiger partial charge in [0.15, 0.2) is 0 Å². The molecule has 0 atom stereocenters. The molecule has 0 spiro atoms. The SMILES string of the molecule is O=C(CN1C(=O)CN(C(=O)NCc2ccccc2)c2ccccc21)NCCCN1CCOCC1. The van der Waals surface area contributed by atoms with E-state index < -0.39 is 0 Å². The van der Waals surface area contributed by atoms with E-state index in [-0.39, 0.29) is 30.9 Å². The maximum absolute atomic E-state index is 12.9. The third-order valence-corrected chi connectivity index (χ3v) is 5.97. The molecule has 2 aromatic carbocycles. The lowest BCUT2D eigenvalue weighted by molar-refractivity contribution is -0.123. The molecule has 1 fully saturated rings. The van der Waals surface area contributed by atoms with E-state index in [0.29, 0.717) is 24.5 Å². The van der Waals surface area contributed by atoms with E-state index in [4.69, 9.17) is 4.74 Å². The van der Waals surface area contributed by atoms with E-state index in [9.17, 15) is 14.4 Å². The Morgan fingerprint density at radius 3 is 2.38 bits per heavy atom. The van der Waals surface area contributed by atoms with Crippen molar-refractivity contribution in [2.24, 2.45) is 0 Å². The summed E-state index contributed by atoms with van der Waals surface area (Å²) >= 11 is 0. The minimum atomic E-state index is -0.350. The summed E-state index contributed by atoms with van der Waals surface area (Å²) in [6, 6.07) is 16.4. The molecular formula is C25H31N5O4. The molecule has 2 aliphatic heterocycles. The number of amides is 4. The first-order valence-electron chi connectivity index (χ1n) is 11.7. The van der Waals surface area contributed by atoms with Crippen molar-refractivity contribution in [3.05, 3.63) is 60.2 Å². The third-order valence-electron chi connectivity index (χ3n) is 5.97. The normalized spacial score (nSPS) is 16.2. The van der Waals surface area contributed by atoms with Gasteiger partial charge >= 0.3 is 6.03 Å². The van der Waals surface area contributed by atoms with Crippen LogP contribution in [0.1, 0.15) is 12.0 Å². The highest BCUT2D eigenvalue weighted by Gasteiger charge is 2.33. The molecule has 9 nitrogen and oxygen atoms in total. The highest BCUT2D eigenvalue weighted by Crippen LogP contribution is 2.33. The van der Waals surface area contributed by atoms with Crippen LogP contribution >= 0.6 is 0 Å². The number of rotatable bonds is 8. The Kier molecular flexibility index (Phi) is 8.11. The number of nitrogens with one attached hydrogen (secondary N) is 2. The zero-order valence-electron chi connectivity index (χ0n) is 19.2. The summed E-state index contributed by atoms with van der Waals surface area (Å²) in [7, 11) is 0. The second-order valence-electron chi connectivity index (χ2n) is 8.36. The Hall–Kier alpha value is -3.43. The first-order chi connectivity index (χ1) is 16.6. The van der Waals surface area contributed by atoms with Crippen molar-refractivity contribution in [2.75, 3.05) is 62.3 Å². The summed E-state index contributed by atoms with van der Waals surface area (Å²) in [4.78, 5) is 43.5. The zero-order chi connectivity index (χ0) is 23.8. The number of ether oxygens (including phenoxy) is 1. The third kappa shape index (κ3) is 6.12. The predicted molar refractivity (Wildman–Crippen MR) is 130 cm³/mol. The van der Waals surface area contributed by atoms with E-state index in [1.165, 1.54) is 9.80 Å². The number of para-hydroxylation sites is 2. The topological polar surface area (TPSA) is 94.2 Å². The highest BCUT2D eigenvalue weighted by atomic mass is 16.5. The molecule has 1 saturated heterocycles. The summed E-state index contributed by atoms with van der Waals surface area (Å²) < 4.78 is 5.35. The van der Waals surface area contributed by atoms with Gasteiger partial charge in [0.25, 0.3) is 0 Å². The Labute approximate surface area is 199 Å². The fourth-order valence-electron chi connectivity index (χ4n) is 4.14. The molecule has 0 saturated carbocycles. The number of anilines is 2. The lowest BCUT2D eigenvalue weighted by Gasteiger charge is -2.35. The van der Waals surface area contributed by atoms with Crippen molar-refractivity contribution in [1.82, 2.24) is 15.5 Å². The molecule has 0 aliphatic carbocycles. The number of hydrogen-bond acceptors (Lipinski definition) is 5. The van der Waals surface area contributed by atoms with Gasteiger partial charge in [-0.25, -0.2) is 4.79 Å². The summed E-state index contributed by atoms with van der Waals surface area (Å²) in [6.45, 7) is 4.97. The minimum absolute atomic E-state index is 0.0765. The van der Waals surface area contributed by atoms with Gasteiger partial charge in [-0.1, -0.05) is 42.5 Å². The molecule has 9 heteroatoms. The molecule has 2 N–H and O–H groups in total. The van der Waals surface area contributed by atoms with Gasteiger partial charge in [0.1, 0.15) is 13.1 Å². The minimum Gasteiger partial charge on any atom is -0.379 e. The van der Waals surface area contributed by atoms with Crippen LogP contribution in [-0.2, 0) is 20.9 Å². The van der Waals surface area contributed by atoms with Crippen molar-refractivity contribution >= 4 is 29.2 Å². The molecule has 0 aromatic heterocycles. The molecule has 180 valence electrons. The van der Waals surface area contributed by atoms with E-state index in [0.717, 1.165) is 44.8 Å². The van der Waals surface area contributed by atoms with Crippen molar-refractivity contribution in [3.63, 3.8) is 0 Å². The van der Waals surface area contributed by atoms with Crippen LogP contribution in [0.25, 0.3) is 0 Å². The van der Waals surface area contributed by atoms with Gasteiger partial charge in [-0.3, -0.25) is 24.3 Å². The van der Waals surface area contributed by atoms with Gasteiger partial charge in [-0.15, -0.1) is 0 Å². The first-order valence-corrected chi connectivity index (χ1v) is 11.7. The molecule has 4 rings (SSSR count). The van der Waals surface area contributed by atoms with Gasteiger partial charge in [0.05, 0.1) is 24.6 Å². The number of nitrogens with zero attached hydrogens (tertiary/aromatic N) is 3. The van der Waals surface area contributed by atoms with Crippen LogP contribution in [0.3, 0.4) is 0 Å². The van der Waals surface area contributed by atoms with Gasteiger partial charge < -0.3 is 15.4 Å². The Bertz CT molecular complexity index is 994. The van der Waals surface area contributed by atoms with Gasteiger partial charge in [-0.05, 0) is 30.7 Å². The second kappa shape index (κ2) is 11.6. The van der Waals surface area contributed by atoms with Gasteiger partial charge in [0.2, 0.25) is 11.8 Å². The molecule has 0 bridgehead atoms. The number of benzene rings is 2. The number of carbonyl (C=O) groups is 3. The average molecular weight is 466 g/mol. The van der Waals surface area contributed by atoms with E-state index in [1.807, 2.05) is 36.4 Å². The summed E-state index contributed by atoms with van der Waals surface area (Å²) in [6.07, 6.45) is 0.839. The van der Waals surface area contributed by atoms with E-state index in [1.54, 1.807) is 18.2 Å². The number of carbonyl (C=O) groups excluding carboxylic acids is 3. The summed E-state index contributed by atoms with van der Waals surface area (Å²) in [5.41, 5.74) is 2.13. The standard InChI is InChI=1S/C25H31N5O4/c31-23(26-11-6-12-28-13-15-34-16-14-28)18-29-21-9-4-5-10-22(21)30(19-24(29)32)25(33)27-17-20-7-2-1-3-8-20/h1-5,7-10H,6,11-19H2,(H,26,31)(H,27,33). The summed E-state index contributed by atoms with van der Waals surface area (Å²) in [5, 5.41) is 5.78. The fraction of sp³-hybridized carbons (Fsp3) is 0.400. The van der Waals surface area contributed by atoms with Crippen molar-refractivity contribution in [1.29, 1.82) is 0 Å². The van der Waals surface area contributed by atoms with Gasteiger partial charge in [-0.2, -0.15) is 0 Å². The second-order valence-corrected chi connectivity index (χ2v) is 8.36. The molecule has 34 heavy (non-hydrogen) atoms. The predicted octanol–water partition coefficient (Wildman–Crippen LogP) is 1.59. The molecule has 2 heterocycles. The molecule has 0 unspecified atom stereocenters. The van der Waals surface area contributed by atoms with Crippen LogP contribution in [0.15, 0.2) is 54.6 Å². The van der Waals surface area contributed by atoms with Crippen LogP contribution in [-0.4, -0.2) is 75.2 Å². The van der Waals surface area contributed by atoms with Crippen molar-refractivity contribution in [2.45, 2.75) is 13.0 Å². The Morgan fingerprint density at radius 1 is 0.912 bits per heavy atom. The van der Waals surface area contributed by atoms with Crippen molar-refractivity contribution in [3.8, 4) is 0 Å². The Morgan fingerprint density at radius 2 is 1.62 bits per heavy atom. The largest absolute Gasteiger partial charge is 0.379 e. The van der Waals surface area contributed by atoms with E-state index in [2.05, 4.69) is 15.5 Å². The smallest absolute Gasteiger partial charge is 0.322 e. The number of fused-ring (bicyclic) bond motifs is 1. The molecule has 2 aromatic rings. The van der Waals surface area contributed by atoms with E-state index >= 15 is 0 Å². The molecular weight excluding hydrogens is 434 g/mol. The zero-order valence-corrected chi connectivity index (χ0v) is 19.2. The van der Waals surface area contributed by atoms with Crippen LogP contribution < -0.4 is 20.4 Å². The van der Waals surface area contributed by atoms with Gasteiger partial charge in [0, 0.05) is 26.2 Å². The lowest BCUT2D eigenvalue weighted by atomic mass is 10.1. The maximum Gasteiger partial charge on any atom is 0.322 e. The highest BCUT2D eigenvalue weighted by molar-refractivity contribution is 6.12. The number of morpholine rings is 1. The maximum atomic E-state index is 12.9. The first kappa shape index (κ1) is 23.7. The molecule has 0 radical (unpaired) electrons. The summed E-state index contributed by atoms with van der Waals surface area (Å²) in [5.74, 6) is -0.510. The fourth-order valence-corrected chi connectivity index (χ4v) is 4.14. The molecule has 4 amide bonds. The van der Waals surface area contributed by atoms with Crippen molar-refractivity contribution < 1.29 is 19.1 Å². The quantitative estimate of drug-likeness (QED) is 0.578. The Balaban J connectivity index is 1.32. The number of hydrogen-bond donors (Lipinski definition) is 2. The van der Waals surface area contributed by atoms with Crippen LogP contribution in [0.2, 0.25) is 0 Å². The lowest BCUT2D eigenvalue weighted by Crippen LogP contribution is -2.53. The monoisotopic (exact) mass is 465 g/mol. The van der Waals surface area contributed by atoms with Crippen LogP contribution in [0, 0.1) is 0 Å². The average Bonchev–Trinajstić information content (AvgIpc) is 2.88. The molecule has 2 aliphatic rings. The van der Waals surface area contributed by atoms with Crippen LogP contribution in [0.4, 0.5) is 16.2 Å². The number of urea groups is 1.